The van der Waals surface area contributed by atoms with E-state index in [1.807, 2.05) is 128 Å². The highest BCUT2D eigenvalue weighted by atomic mass is 16.5. The van der Waals surface area contributed by atoms with Gasteiger partial charge in [0, 0.05) is 70.8 Å². The van der Waals surface area contributed by atoms with Crippen LogP contribution in [0.15, 0.2) is 279 Å². The van der Waals surface area contributed by atoms with Crippen LogP contribution in [0, 0.1) is 0 Å². The van der Waals surface area contributed by atoms with Crippen molar-refractivity contribution < 1.29 is 80.2 Å². The van der Waals surface area contributed by atoms with Gasteiger partial charge in [-0.25, -0.2) is 19.9 Å². The van der Waals surface area contributed by atoms with Crippen LogP contribution in [-0.2, 0) is 0 Å². The van der Waals surface area contributed by atoms with E-state index >= 15 is 0 Å². The molecule has 22 rings (SSSR count). The molecule has 736 valence electrons. The maximum absolute atomic E-state index is 10.6. The van der Waals surface area contributed by atoms with Crippen molar-refractivity contribution in [2.45, 2.75) is 111 Å². The van der Waals surface area contributed by atoms with E-state index in [-0.39, 0.29) is 139 Å². The molecule has 147 heavy (non-hydrogen) atoms. The highest BCUT2D eigenvalue weighted by molar-refractivity contribution is 6.26. The minimum absolute atomic E-state index is 0.000865. The van der Waals surface area contributed by atoms with Crippen LogP contribution in [0.4, 0.5) is 0 Å². The summed E-state index contributed by atoms with van der Waals surface area (Å²) in [5.74, 6) is -2.24. The zero-order chi connectivity index (χ0) is 102. The molecule has 22 aromatic rings. The van der Waals surface area contributed by atoms with Crippen molar-refractivity contribution in [3.8, 4) is 184 Å². The summed E-state index contributed by atoms with van der Waals surface area (Å²) < 4.78 is 23.5. The Labute approximate surface area is 843 Å². The minimum atomic E-state index is -0.350. The molecule has 0 aliphatic rings. The molecule has 0 unspecified atom stereocenters. The van der Waals surface area contributed by atoms with Gasteiger partial charge in [0.25, 0.3) is 0 Å². The van der Waals surface area contributed by atoms with E-state index in [0.717, 1.165) is 257 Å². The lowest BCUT2D eigenvalue weighted by molar-refractivity contribution is 0.281. The normalized spacial score (nSPS) is 11.4. The molecule has 0 saturated carbocycles. The van der Waals surface area contributed by atoms with Gasteiger partial charge in [0.05, 0.1) is 26.4 Å². The third-order valence-corrected chi connectivity index (χ3v) is 25.5. The number of phenolic OH excluding ortho intramolecular Hbond substituents is 12. The number of nitrogens with zero attached hydrogens (tertiary/aromatic N) is 12. The van der Waals surface area contributed by atoms with Crippen molar-refractivity contribution in [1.29, 1.82) is 0 Å². The quantitative estimate of drug-likeness (QED) is 0.0118. The summed E-state index contributed by atoms with van der Waals surface area (Å²) in [7, 11) is 0. The Morgan fingerprint density at radius 1 is 0.184 bits per heavy atom. The lowest BCUT2D eigenvalue weighted by Crippen LogP contribution is -2.06. The SMILES string of the molecule is CCCCCCOc1nc(-c2c(O)cc(O)cc2O)nc(-c2c3ccccc3cc3ccccc23)n1.CCCCCCOc1nc(-c2c(O)cc(O)cc2O)nc(-c2cc3c4ccccc4ccc3c3ccccc23)n1.CCCCCCOc1nc(-c2ccc3cc4ccccc4cc3c2)nc(-c2c(O)cc(O)cc2O)n1.CCCOc1nc(-c2c(O)cc(O)cc2O)nc(-c2ccc3ccc4cccc5ccc2c3c45)n1. The first-order chi connectivity index (χ1) is 71.6. The molecule has 0 bridgehead atoms. The van der Waals surface area contributed by atoms with Crippen molar-refractivity contribution in [2.24, 2.45) is 0 Å². The molecule has 18 aromatic carbocycles. The Morgan fingerprint density at radius 2 is 0.497 bits per heavy atom. The summed E-state index contributed by atoms with van der Waals surface area (Å²) in [5, 5.41) is 145. The van der Waals surface area contributed by atoms with Gasteiger partial charge in [-0.05, 0) is 170 Å². The Hall–Kier alpha value is -18.3. The summed E-state index contributed by atoms with van der Waals surface area (Å²) in [5.41, 5.74) is 3.08. The number of aromatic nitrogens is 12. The van der Waals surface area contributed by atoms with Gasteiger partial charge in [0.2, 0.25) is 0 Å². The molecule has 0 radical (unpaired) electrons. The van der Waals surface area contributed by atoms with Crippen molar-refractivity contribution >= 4 is 108 Å². The predicted octanol–water partition coefficient (Wildman–Crippen LogP) is 26.9. The van der Waals surface area contributed by atoms with E-state index < -0.39 is 0 Å². The van der Waals surface area contributed by atoms with Gasteiger partial charge >= 0.3 is 24.0 Å². The first kappa shape index (κ1) is 97.5. The number of phenols is 12. The second kappa shape index (κ2) is 43.6. The summed E-state index contributed by atoms with van der Waals surface area (Å²) in [6, 6.07) is 87.3. The van der Waals surface area contributed by atoms with E-state index in [9.17, 15) is 61.3 Å². The first-order valence-electron chi connectivity index (χ1n) is 49.0. The molecule has 28 nitrogen and oxygen atoms in total. The zero-order valence-corrected chi connectivity index (χ0v) is 80.9. The summed E-state index contributed by atoms with van der Waals surface area (Å²) in [6.45, 7) is 10.1. The topological polar surface area (TPSA) is 434 Å². The molecular weight excluding hydrogens is 1850 g/mol. The predicted molar refractivity (Wildman–Crippen MR) is 574 cm³/mol. The van der Waals surface area contributed by atoms with Crippen LogP contribution in [0.25, 0.3) is 199 Å². The fourth-order valence-electron chi connectivity index (χ4n) is 18.5. The highest BCUT2D eigenvalue weighted by Gasteiger charge is 2.28. The van der Waals surface area contributed by atoms with E-state index in [2.05, 4.69) is 180 Å². The summed E-state index contributed by atoms with van der Waals surface area (Å²) >= 11 is 0. The molecule has 0 atom stereocenters. The molecule has 12 N–H and O–H groups in total. The zero-order valence-electron chi connectivity index (χ0n) is 80.9. The molecule has 28 heteroatoms. The molecule has 0 spiro atoms. The fourth-order valence-corrected chi connectivity index (χ4v) is 18.5. The van der Waals surface area contributed by atoms with Crippen LogP contribution in [0.2, 0.25) is 0 Å². The lowest BCUT2D eigenvalue weighted by Gasteiger charge is -2.14. The molecule has 4 heterocycles. The number of rotatable bonds is 29. The van der Waals surface area contributed by atoms with Crippen LogP contribution in [0.1, 0.15) is 111 Å². The average Bonchev–Trinajstić information content (AvgIpc) is 0.743. The molecule has 0 fully saturated rings. The van der Waals surface area contributed by atoms with Gasteiger partial charge < -0.3 is 80.2 Å². The van der Waals surface area contributed by atoms with Crippen molar-refractivity contribution in [2.75, 3.05) is 26.4 Å². The van der Waals surface area contributed by atoms with Crippen molar-refractivity contribution in [3.63, 3.8) is 0 Å². The molecule has 0 aliphatic carbocycles. The Bertz CT molecular complexity index is 8540. The number of hydrogen-bond donors (Lipinski definition) is 12. The molecule has 0 aliphatic heterocycles. The Morgan fingerprint density at radius 3 is 0.959 bits per heavy atom. The van der Waals surface area contributed by atoms with E-state index in [1.165, 1.54) is 5.39 Å². The maximum Gasteiger partial charge on any atom is 0.320 e. The third kappa shape index (κ3) is 21.2. The molecule has 0 saturated heterocycles. The Kier molecular flexibility index (Phi) is 28.9. The van der Waals surface area contributed by atoms with Crippen LogP contribution >= 0.6 is 0 Å². The number of benzene rings is 18. The van der Waals surface area contributed by atoms with Gasteiger partial charge in [0.15, 0.2) is 46.6 Å². The van der Waals surface area contributed by atoms with Crippen LogP contribution in [0.3, 0.4) is 0 Å². The van der Waals surface area contributed by atoms with Gasteiger partial charge in [-0.3, -0.25) is 0 Å². The van der Waals surface area contributed by atoms with E-state index in [4.69, 9.17) is 28.9 Å². The monoisotopic (exact) mass is 1960 g/mol. The van der Waals surface area contributed by atoms with Gasteiger partial charge in [-0.2, -0.15) is 39.9 Å². The average molecular weight is 1960 g/mol. The fraction of sp³-hybridized carbons (Fsp3) is 0.176. The number of unbranched alkanes of at least 4 members (excludes halogenated alkanes) is 9. The number of fused-ring (bicyclic) bond motifs is 9. The van der Waals surface area contributed by atoms with Gasteiger partial charge in [-0.15, -0.1) is 0 Å². The number of ether oxygens (including phenoxy) is 4. The lowest BCUT2D eigenvalue weighted by atomic mass is 9.92. The number of hydrogen-bond acceptors (Lipinski definition) is 28. The van der Waals surface area contributed by atoms with Crippen LogP contribution in [-0.4, -0.2) is 148 Å². The van der Waals surface area contributed by atoms with Crippen molar-refractivity contribution in [3.05, 3.63) is 279 Å². The standard InChI is InChI=1S/C33H29N3O4.2C29H27N3O4.C28H21N3O4/c1-2-3-4-9-16-40-33-35-31(34-32(36-33)30-28(38)17-21(37)18-29(30)39)27-19-26-22-11-6-5-10-20(22)14-15-25(26)23-12-7-8-13-24(23)27;1-2-3-4-9-14-36-29-31-27(30-28(32-29)26-23(34)16-20(33)17-24(26)35)25-21-12-7-5-10-18(21)15-19-11-6-8-13-22(19)25;1-2-3-4-7-12-36-29-31-27(30-28(32-29)26-24(34)16-23(33)17-25(26)35)21-11-10-20-13-18-8-5-6-9-19(18)14-22(20)15-21;1-2-12-35-28-30-26(29-27(31-28)25-21(33)13-18(32)14-22(25)34)20-11-9-17-7-6-15-4-3-5-16-8-10-19(20)24(17)23(15)16/h5-8,10-15,17-19,37-39H,2-4,9,16H2,1H3;5-8,10-13,15-17,33-35H,2-4,9,14H2,1H3;5-6,8-11,13-17,33-35H,2-4,7,12H2,1H3;3-11,13-14,32-34H,2,12H2,1H3. The second-order valence-electron chi connectivity index (χ2n) is 35.8. The van der Waals surface area contributed by atoms with Crippen LogP contribution < -0.4 is 18.9 Å². The summed E-state index contributed by atoms with van der Waals surface area (Å²) in [4.78, 5) is 54.6. The van der Waals surface area contributed by atoms with E-state index in [1.54, 1.807) is 0 Å². The second-order valence-corrected chi connectivity index (χ2v) is 35.8. The third-order valence-electron chi connectivity index (χ3n) is 25.5. The first-order valence-corrected chi connectivity index (χ1v) is 49.0. The Balaban J connectivity index is 0.000000124. The molecular formula is C119H104N12O16. The van der Waals surface area contributed by atoms with Gasteiger partial charge in [-0.1, -0.05) is 280 Å². The minimum Gasteiger partial charge on any atom is -0.508 e. The maximum atomic E-state index is 10.6. The van der Waals surface area contributed by atoms with Crippen molar-refractivity contribution in [1.82, 2.24) is 59.8 Å². The summed E-state index contributed by atoms with van der Waals surface area (Å²) in [6.07, 6.45) is 13.1. The number of aromatic hydroxyl groups is 12. The smallest absolute Gasteiger partial charge is 0.320 e. The van der Waals surface area contributed by atoms with E-state index in [0.29, 0.717) is 49.7 Å². The van der Waals surface area contributed by atoms with Crippen LogP contribution in [0.5, 0.6) is 93.0 Å². The highest BCUT2D eigenvalue weighted by Crippen LogP contribution is 2.49. The largest absolute Gasteiger partial charge is 0.508 e. The molecule has 4 aromatic heterocycles. The van der Waals surface area contributed by atoms with Gasteiger partial charge in [0.1, 0.15) is 91.2 Å². The molecule has 0 amide bonds.